The summed E-state index contributed by atoms with van der Waals surface area (Å²) in [6.45, 7) is 5.31. The largest absolute Gasteiger partial charge is 0.352 e. The second kappa shape index (κ2) is 11.2. The van der Waals surface area contributed by atoms with Crippen LogP contribution in [0.25, 0.3) is 0 Å². The number of unbranched alkanes of at least 4 members (excludes halogenated alkanes) is 4. The molecule has 0 saturated heterocycles. The van der Waals surface area contributed by atoms with Crippen molar-refractivity contribution < 1.29 is 9.59 Å². The standard InChI is InChI=1S/C23H30N2O2/c1-18-12-6-8-14-20(18)22(26)24-16-10-4-3-5-11-17-25-23(27)21-15-9-7-13-19(21)2/h6-9,12-15H,3-5,10-11,16-17H2,1-2H3,(H,24,26)(H,25,27). The van der Waals surface area contributed by atoms with Crippen molar-refractivity contribution >= 4 is 11.8 Å². The zero-order valence-electron chi connectivity index (χ0n) is 16.4. The lowest BCUT2D eigenvalue weighted by molar-refractivity contribution is 0.0945. The van der Waals surface area contributed by atoms with Crippen molar-refractivity contribution in [3.05, 3.63) is 70.8 Å². The highest BCUT2D eigenvalue weighted by Crippen LogP contribution is 2.08. The van der Waals surface area contributed by atoms with Crippen LogP contribution in [-0.4, -0.2) is 24.9 Å². The Morgan fingerprint density at radius 2 is 1.00 bits per heavy atom. The van der Waals surface area contributed by atoms with E-state index in [1.54, 1.807) is 0 Å². The molecule has 0 aromatic heterocycles. The van der Waals surface area contributed by atoms with Crippen molar-refractivity contribution in [2.75, 3.05) is 13.1 Å². The number of aryl methyl sites for hydroxylation is 2. The molecule has 0 heterocycles. The zero-order valence-corrected chi connectivity index (χ0v) is 16.4. The van der Waals surface area contributed by atoms with Crippen LogP contribution in [0.1, 0.15) is 63.9 Å². The Morgan fingerprint density at radius 3 is 1.41 bits per heavy atom. The highest BCUT2D eigenvalue weighted by Gasteiger charge is 2.07. The summed E-state index contributed by atoms with van der Waals surface area (Å²) >= 11 is 0. The van der Waals surface area contributed by atoms with E-state index in [0.29, 0.717) is 13.1 Å². The lowest BCUT2D eigenvalue weighted by atomic mass is 10.1. The van der Waals surface area contributed by atoms with Crippen LogP contribution in [0.2, 0.25) is 0 Å². The average molecular weight is 367 g/mol. The summed E-state index contributed by atoms with van der Waals surface area (Å²) in [6, 6.07) is 15.3. The summed E-state index contributed by atoms with van der Waals surface area (Å²) in [7, 11) is 0. The van der Waals surface area contributed by atoms with Gasteiger partial charge in [0.1, 0.15) is 0 Å². The molecule has 0 aliphatic heterocycles. The first-order valence-corrected chi connectivity index (χ1v) is 9.77. The second-order valence-corrected chi connectivity index (χ2v) is 6.91. The first-order valence-electron chi connectivity index (χ1n) is 9.77. The Hall–Kier alpha value is -2.62. The maximum Gasteiger partial charge on any atom is 0.251 e. The van der Waals surface area contributed by atoms with Gasteiger partial charge in [-0.1, -0.05) is 55.7 Å². The van der Waals surface area contributed by atoms with Crippen LogP contribution in [0.15, 0.2) is 48.5 Å². The number of amides is 2. The molecule has 0 spiro atoms. The van der Waals surface area contributed by atoms with Crippen LogP contribution in [0.3, 0.4) is 0 Å². The minimum atomic E-state index is 0.00650. The molecule has 144 valence electrons. The van der Waals surface area contributed by atoms with Crippen LogP contribution in [0.5, 0.6) is 0 Å². The zero-order chi connectivity index (χ0) is 19.5. The smallest absolute Gasteiger partial charge is 0.251 e. The monoisotopic (exact) mass is 366 g/mol. The van der Waals surface area contributed by atoms with Crippen molar-refractivity contribution in [2.24, 2.45) is 0 Å². The van der Waals surface area contributed by atoms with Gasteiger partial charge in [-0.05, 0) is 49.9 Å². The van der Waals surface area contributed by atoms with Crippen molar-refractivity contribution in [3.8, 4) is 0 Å². The molecule has 0 radical (unpaired) electrons. The van der Waals surface area contributed by atoms with E-state index in [1.807, 2.05) is 62.4 Å². The highest BCUT2D eigenvalue weighted by atomic mass is 16.2. The molecule has 2 N–H and O–H groups in total. The van der Waals surface area contributed by atoms with Crippen molar-refractivity contribution in [2.45, 2.75) is 46.0 Å². The van der Waals surface area contributed by atoms with Gasteiger partial charge in [-0.25, -0.2) is 0 Å². The fourth-order valence-corrected chi connectivity index (χ4v) is 3.03. The quantitative estimate of drug-likeness (QED) is 0.612. The fourth-order valence-electron chi connectivity index (χ4n) is 3.03. The van der Waals surface area contributed by atoms with Gasteiger partial charge in [0.05, 0.1) is 0 Å². The summed E-state index contributed by atoms with van der Waals surface area (Å²) in [5.41, 5.74) is 3.51. The molecule has 0 atom stereocenters. The van der Waals surface area contributed by atoms with E-state index in [2.05, 4.69) is 10.6 Å². The SMILES string of the molecule is Cc1ccccc1C(=O)NCCCCCCCNC(=O)c1ccccc1C. The molecule has 0 unspecified atom stereocenters. The highest BCUT2D eigenvalue weighted by molar-refractivity contribution is 5.96. The lowest BCUT2D eigenvalue weighted by Gasteiger charge is -2.08. The van der Waals surface area contributed by atoms with E-state index in [9.17, 15) is 9.59 Å². The summed E-state index contributed by atoms with van der Waals surface area (Å²) in [5.74, 6) is 0.0130. The molecular weight excluding hydrogens is 336 g/mol. The Kier molecular flexibility index (Phi) is 8.56. The van der Waals surface area contributed by atoms with Gasteiger partial charge in [0.15, 0.2) is 0 Å². The maximum absolute atomic E-state index is 12.1. The Morgan fingerprint density at radius 1 is 0.630 bits per heavy atom. The number of rotatable bonds is 10. The predicted molar refractivity (Wildman–Crippen MR) is 110 cm³/mol. The summed E-state index contributed by atoms with van der Waals surface area (Å²) < 4.78 is 0. The molecule has 2 aromatic carbocycles. The number of nitrogens with one attached hydrogen (secondary N) is 2. The molecule has 4 nitrogen and oxygen atoms in total. The van der Waals surface area contributed by atoms with E-state index in [4.69, 9.17) is 0 Å². The molecule has 0 aliphatic rings. The van der Waals surface area contributed by atoms with Gasteiger partial charge in [0.25, 0.3) is 11.8 Å². The van der Waals surface area contributed by atoms with Gasteiger partial charge >= 0.3 is 0 Å². The minimum absolute atomic E-state index is 0.00650. The van der Waals surface area contributed by atoms with E-state index in [-0.39, 0.29) is 11.8 Å². The first-order chi connectivity index (χ1) is 13.1. The molecule has 0 fully saturated rings. The number of benzene rings is 2. The lowest BCUT2D eigenvalue weighted by Crippen LogP contribution is -2.25. The van der Waals surface area contributed by atoms with E-state index < -0.39 is 0 Å². The third-order valence-electron chi connectivity index (χ3n) is 4.70. The average Bonchev–Trinajstić information content (AvgIpc) is 2.67. The number of carbonyl (C=O) groups is 2. The molecule has 2 aromatic rings. The molecule has 2 rings (SSSR count). The van der Waals surface area contributed by atoms with Crippen LogP contribution in [-0.2, 0) is 0 Å². The van der Waals surface area contributed by atoms with Gasteiger partial charge in [-0.15, -0.1) is 0 Å². The van der Waals surface area contributed by atoms with E-state index in [0.717, 1.165) is 54.4 Å². The number of hydrogen-bond acceptors (Lipinski definition) is 2. The molecule has 0 aliphatic carbocycles. The number of hydrogen-bond donors (Lipinski definition) is 2. The fraction of sp³-hybridized carbons (Fsp3) is 0.391. The van der Waals surface area contributed by atoms with Gasteiger partial charge in [-0.3, -0.25) is 9.59 Å². The molecule has 2 amide bonds. The van der Waals surface area contributed by atoms with E-state index in [1.165, 1.54) is 0 Å². The topological polar surface area (TPSA) is 58.2 Å². The summed E-state index contributed by atoms with van der Waals surface area (Å²) in [5, 5.41) is 5.97. The van der Waals surface area contributed by atoms with Gasteiger partial charge in [-0.2, -0.15) is 0 Å². The van der Waals surface area contributed by atoms with Crippen LogP contribution < -0.4 is 10.6 Å². The van der Waals surface area contributed by atoms with Crippen molar-refractivity contribution in [3.63, 3.8) is 0 Å². The second-order valence-electron chi connectivity index (χ2n) is 6.91. The molecule has 0 bridgehead atoms. The minimum Gasteiger partial charge on any atom is -0.352 e. The Labute approximate surface area is 162 Å². The third-order valence-corrected chi connectivity index (χ3v) is 4.70. The normalized spacial score (nSPS) is 10.4. The van der Waals surface area contributed by atoms with Gasteiger partial charge in [0, 0.05) is 24.2 Å². The Balaban J connectivity index is 1.50. The molecular formula is C23H30N2O2. The van der Waals surface area contributed by atoms with Crippen molar-refractivity contribution in [1.82, 2.24) is 10.6 Å². The van der Waals surface area contributed by atoms with Gasteiger partial charge in [0.2, 0.25) is 0 Å². The summed E-state index contributed by atoms with van der Waals surface area (Å²) in [4.78, 5) is 24.2. The van der Waals surface area contributed by atoms with E-state index >= 15 is 0 Å². The molecule has 0 saturated carbocycles. The van der Waals surface area contributed by atoms with Crippen LogP contribution in [0.4, 0.5) is 0 Å². The van der Waals surface area contributed by atoms with Crippen LogP contribution >= 0.6 is 0 Å². The molecule has 4 heteroatoms. The molecule has 27 heavy (non-hydrogen) atoms. The number of carbonyl (C=O) groups excluding carboxylic acids is 2. The maximum atomic E-state index is 12.1. The first kappa shape index (κ1) is 20.7. The third kappa shape index (κ3) is 6.89. The summed E-state index contributed by atoms with van der Waals surface area (Å²) in [6.07, 6.45) is 5.24. The Bertz CT molecular complexity index is 692. The van der Waals surface area contributed by atoms with Crippen LogP contribution in [0, 0.1) is 13.8 Å². The van der Waals surface area contributed by atoms with Gasteiger partial charge < -0.3 is 10.6 Å². The van der Waals surface area contributed by atoms with Crippen molar-refractivity contribution in [1.29, 1.82) is 0 Å². The predicted octanol–water partition coefficient (Wildman–Crippen LogP) is 4.41.